The standard InChI is InChI=1S/C14H20BrN5/c1-3-11-14(15)12(19(2)18-11)9-20-7-6-16-13(20)8-17-10-4-5-10/h6-7,10,17H,3-5,8-9H2,1-2H3. The van der Waals surface area contributed by atoms with E-state index in [2.05, 4.69) is 42.8 Å². The molecule has 0 amide bonds. The van der Waals surface area contributed by atoms with Gasteiger partial charge in [0.2, 0.25) is 0 Å². The molecule has 108 valence electrons. The van der Waals surface area contributed by atoms with E-state index in [4.69, 9.17) is 0 Å². The van der Waals surface area contributed by atoms with Crippen molar-refractivity contribution in [1.29, 1.82) is 0 Å². The Bertz CT molecular complexity index is 597. The highest BCUT2D eigenvalue weighted by Crippen LogP contribution is 2.23. The lowest BCUT2D eigenvalue weighted by molar-refractivity contribution is 0.597. The zero-order valence-electron chi connectivity index (χ0n) is 11.9. The maximum atomic E-state index is 4.54. The van der Waals surface area contributed by atoms with Crippen LogP contribution in [0, 0.1) is 0 Å². The number of aryl methyl sites for hydroxylation is 2. The molecule has 2 aromatic rings. The zero-order valence-corrected chi connectivity index (χ0v) is 13.5. The molecule has 3 rings (SSSR count). The normalized spacial score (nSPS) is 14.9. The number of imidazole rings is 1. The van der Waals surface area contributed by atoms with Gasteiger partial charge in [0.15, 0.2) is 0 Å². The number of aromatic nitrogens is 4. The summed E-state index contributed by atoms with van der Waals surface area (Å²) in [5.74, 6) is 1.09. The van der Waals surface area contributed by atoms with Gasteiger partial charge >= 0.3 is 0 Å². The molecule has 1 N–H and O–H groups in total. The molecule has 1 aliphatic carbocycles. The van der Waals surface area contributed by atoms with Gasteiger partial charge in [-0.2, -0.15) is 5.10 Å². The second-order valence-corrected chi connectivity index (χ2v) is 6.10. The molecule has 0 aromatic carbocycles. The summed E-state index contributed by atoms with van der Waals surface area (Å²) >= 11 is 3.67. The molecular formula is C14H20BrN5. The van der Waals surface area contributed by atoms with Crippen molar-refractivity contribution in [1.82, 2.24) is 24.6 Å². The van der Waals surface area contributed by atoms with Crippen molar-refractivity contribution in [2.24, 2.45) is 7.05 Å². The molecule has 1 aliphatic rings. The topological polar surface area (TPSA) is 47.7 Å². The van der Waals surface area contributed by atoms with Gasteiger partial charge < -0.3 is 9.88 Å². The fraction of sp³-hybridized carbons (Fsp3) is 0.571. The second kappa shape index (κ2) is 5.69. The van der Waals surface area contributed by atoms with Gasteiger partial charge in [-0.1, -0.05) is 6.92 Å². The molecular weight excluding hydrogens is 318 g/mol. The van der Waals surface area contributed by atoms with Crippen LogP contribution in [0.4, 0.5) is 0 Å². The maximum absolute atomic E-state index is 4.54. The van der Waals surface area contributed by atoms with Crippen LogP contribution >= 0.6 is 15.9 Å². The lowest BCUT2D eigenvalue weighted by atomic mass is 10.3. The molecule has 0 spiro atoms. The first kappa shape index (κ1) is 13.8. The average Bonchev–Trinajstić information content (AvgIpc) is 3.11. The number of halogens is 1. The Morgan fingerprint density at radius 1 is 1.45 bits per heavy atom. The monoisotopic (exact) mass is 337 g/mol. The van der Waals surface area contributed by atoms with Gasteiger partial charge in [0.05, 0.1) is 29.0 Å². The molecule has 5 nitrogen and oxygen atoms in total. The number of nitrogens with one attached hydrogen (secondary N) is 1. The predicted octanol–water partition coefficient (Wildman–Crippen LogP) is 2.24. The van der Waals surface area contributed by atoms with Crippen molar-refractivity contribution in [3.63, 3.8) is 0 Å². The van der Waals surface area contributed by atoms with E-state index in [0.717, 1.165) is 35.5 Å². The molecule has 0 saturated heterocycles. The Kier molecular flexibility index (Phi) is 3.94. The molecule has 0 bridgehead atoms. The van der Waals surface area contributed by atoms with Crippen LogP contribution in [0.25, 0.3) is 0 Å². The number of nitrogens with zero attached hydrogens (tertiary/aromatic N) is 4. The van der Waals surface area contributed by atoms with Crippen LogP contribution in [-0.2, 0) is 26.6 Å². The van der Waals surface area contributed by atoms with Crippen molar-refractivity contribution in [3.8, 4) is 0 Å². The highest BCUT2D eigenvalue weighted by atomic mass is 79.9. The number of hydrogen-bond donors (Lipinski definition) is 1. The molecule has 2 heterocycles. The lowest BCUT2D eigenvalue weighted by Gasteiger charge is -2.09. The Morgan fingerprint density at radius 2 is 2.25 bits per heavy atom. The smallest absolute Gasteiger partial charge is 0.123 e. The SMILES string of the molecule is CCc1nn(C)c(Cn2ccnc2CNC2CC2)c1Br. The van der Waals surface area contributed by atoms with Gasteiger partial charge in [-0.25, -0.2) is 4.98 Å². The molecule has 1 fully saturated rings. The Hall–Kier alpha value is -1.14. The van der Waals surface area contributed by atoms with E-state index in [1.165, 1.54) is 18.5 Å². The number of rotatable bonds is 6. The molecule has 6 heteroatoms. The van der Waals surface area contributed by atoms with Crippen molar-refractivity contribution in [2.75, 3.05) is 0 Å². The summed E-state index contributed by atoms with van der Waals surface area (Å²) < 4.78 is 5.27. The van der Waals surface area contributed by atoms with Crippen LogP contribution in [0.3, 0.4) is 0 Å². The summed E-state index contributed by atoms with van der Waals surface area (Å²) in [5, 5.41) is 8.06. The van der Waals surface area contributed by atoms with Crippen molar-refractivity contribution >= 4 is 15.9 Å². The van der Waals surface area contributed by atoms with E-state index >= 15 is 0 Å². The average molecular weight is 338 g/mol. The molecule has 2 aromatic heterocycles. The molecule has 0 aliphatic heterocycles. The first-order valence-electron chi connectivity index (χ1n) is 7.12. The highest BCUT2D eigenvalue weighted by molar-refractivity contribution is 9.10. The molecule has 20 heavy (non-hydrogen) atoms. The Labute approximate surface area is 127 Å². The fourth-order valence-electron chi connectivity index (χ4n) is 2.33. The quantitative estimate of drug-likeness (QED) is 0.879. The molecule has 0 unspecified atom stereocenters. The third-order valence-corrected chi connectivity index (χ3v) is 4.67. The Morgan fingerprint density at radius 3 is 2.90 bits per heavy atom. The van der Waals surface area contributed by atoms with Crippen LogP contribution in [0.2, 0.25) is 0 Å². The first-order chi connectivity index (χ1) is 9.69. The molecule has 0 radical (unpaired) electrons. The maximum Gasteiger partial charge on any atom is 0.123 e. The van der Waals surface area contributed by atoms with Gasteiger partial charge in [-0.15, -0.1) is 0 Å². The predicted molar refractivity (Wildman–Crippen MR) is 81.5 cm³/mol. The van der Waals surface area contributed by atoms with E-state index in [1.807, 2.05) is 24.1 Å². The minimum Gasteiger partial charge on any atom is -0.328 e. The van der Waals surface area contributed by atoms with E-state index in [0.29, 0.717) is 6.04 Å². The summed E-state index contributed by atoms with van der Waals surface area (Å²) in [6.45, 7) is 3.76. The van der Waals surface area contributed by atoms with E-state index < -0.39 is 0 Å². The fourth-order valence-corrected chi connectivity index (χ4v) is 3.07. The van der Waals surface area contributed by atoms with Gasteiger partial charge in [0.1, 0.15) is 5.82 Å². The van der Waals surface area contributed by atoms with E-state index in [1.54, 1.807) is 0 Å². The molecule has 0 atom stereocenters. The summed E-state index contributed by atoms with van der Waals surface area (Å²) in [5.41, 5.74) is 2.30. The highest BCUT2D eigenvalue weighted by Gasteiger charge is 2.21. The van der Waals surface area contributed by atoms with Crippen LogP contribution in [0.15, 0.2) is 16.9 Å². The minimum atomic E-state index is 0.704. The summed E-state index contributed by atoms with van der Waals surface area (Å²) in [7, 11) is 2.00. The second-order valence-electron chi connectivity index (χ2n) is 5.31. The third-order valence-electron chi connectivity index (χ3n) is 3.75. The summed E-state index contributed by atoms with van der Waals surface area (Å²) in [6, 6.07) is 0.704. The van der Waals surface area contributed by atoms with E-state index in [-0.39, 0.29) is 0 Å². The van der Waals surface area contributed by atoms with Crippen LogP contribution in [-0.4, -0.2) is 25.4 Å². The van der Waals surface area contributed by atoms with Gasteiger partial charge in [0.25, 0.3) is 0 Å². The van der Waals surface area contributed by atoms with Gasteiger partial charge in [-0.05, 0) is 35.2 Å². The van der Waals surface area contributed by atoms with Crippen molar-refractivity contribution in [2.45, 2.75) is 45.3 Å². The first-order valence-corrected chi connectivity index (χ1v) is 7.92. The molecule has 1 saturated carbocycles. The largest absolute Gasteiger partial charge is 0.328 e. The van der Waals surface area contributed by atoms with Crippen molar-refractivity contribution in [3.05, 3.63) is 34.1 Å². The van der Waals surface area contributed by atoms with Crippen molar-refractivity contribution < 1.29 is 0 Å². The van der Waals surface area contributed by atoms with Crippen LogP contribution < -0.4 is 5.32 Å². The Balaban J connectivity index is 1.77. The third kappa shape index (κ3) is 2.81. The number of hydrogen-bond acceptors (Lipinski definition) is 3. The van der Waals surface area contributed by atoms with Crippen LogP contribution in [0.1, 0.15) is 37.0 Å². The summed E-state index contributed by atoms with van der Waals surface area (Å²) in [4.78, 5) is 4.45. The minimum absolute atomic E-state index is 0.704. The van der Waals surface area contributed by atoms with E-state index in [9.17, 15) is 0 Å². The van der Waals surface area contributed by atoms with Gasteiger partial charge in [-0.3, -0.25) is 4.68 Å². The van der Waals surface area contributed by atoms with Gasteiger partial charge in [0, 0.05) is 25.5 Å². The van der Waals surface area contributed by atoms with Crippen LogP contribution in [0.5, 0.6) is 0 Å². The lowest BCUT2D eigenvalue weighted by Crippen LogP contribution is -2.19. The summed E-state index contributed by atoms with van der Waals surface area (Å²) in [6.07, 6.45) is 7.44. The zero-order chi connectivity index (χ0) is 14.1.